The molecule has 1 fully saturated rings. The van der Waals surface area contributed by atoms with E-state index in [1.54, 1.807) is 12.1 Å². The van der Waals surface area contributed by atoms with Crippen LogP contribution >= 0.6 is 11.6 Å². The maximum Gasteiger partial charge on any atom is 0.407 e. The minimum absolute atomic E-state index is 0.0273. The first kappa shape index (κ1) is 33.2. The number of aromatic nitrogens is 2. The Labute approximate surface area is 276 Å². The van der Waals surface area contributed by atoms with Gasteiger partial charge in [-0.2, -0.15) is 10.2 Å². The third kappa shape index (κ3) is 5.90. The van der Waals surface area contributed by atoms with Gasteiger partial charge in [-0.05, 0) is 51.3 Å². The molecule has 1 aliphatic rings. The van der Waals surface area contributed by atoms with Crippen molar-refractivity contribution in [2.24, 2.45) is 0 Å². The normalized spacial score (nSPS) is 15.5. The maximum atomic E-state index is 16.7. The number of piperazine rings is 1. The van der Waals surface area contributed by atoms with Gasteiger partial charge in [0.1, 0.15) is 19.4 Å². The summed E-state index contributed by atoms with van der Waals surface area (Å²) in [6.07, 6.45) is -1.05. The highest BCUT2D eigenvalue weighted by molar-refractivity contribution is 6.90. The van der Waals surface area contributed by atoms with Crippen LogP contribution in [-0.2, 0) is 0 Å². The smallest absolute Gasteiger partial charge is 0.407 e. The highest BCUT2D eigenvalue weighted by atomic mass is 35.5. The molecule has 1 atom stereocenters. The van der Waals surface area contributed by atoms with E-state index in [9.17, 15) is 15.2 Å². The number of halogens is 2. The molecule has 0 bridgehead atoms. The van der Waals surface area contributed by atoms with Crippen LogP contribution in [-0.4, -0.2) is 59.8 Å². The summed E-state index contributed by atoms with van der Waals surface area (Å²) < 4.78 is 16.7. The third-order valence-electron chi connectivity index (χ3n) is 9.59. The predicted octanol–water partition coefficient (Wildman–Crippen LogP) is 8.89. The molecule has 3 aromatic carbocycles. The number of nitriles is 1. The van der Waals surface area contributed by atoms with Gasteiger partial charge in [-0.1, -0.05) is 83.9 Å². The third-order valence-corrected chi connectivity index (χ3v) is 16.0. The summed E-state index contributed by atoms with van der Waals surface area (Å²) in [6.45, 7) is 14.5. The van der Waals surface area contributed by atoms with Crippen LogP contribution in [0.4, 0.5) is 15.0 Å². The predicted molar refractivity (Wildman–Crippen MR) is 186 cm³/mol. The first-order chi connectivity index (χ1) is 21.9. The highest BCUT2D eigenvalue weighted by Gasteiger charge is 2.41. The van der Waals surface area contributed by atoms with Crippen molar-refractivity contribution in [1.29, 1.82) is 5.26 Å². The Kier molecular flexibility index (Phi) is 9.58. The molecule has 4 aromatic rings. The highest BCUT2D eigenvalue weighted by Crippen LogP contribution is 2.42. The van der Waals surface area contributed by atoms with Crippen LogP contribution in [0.5, 0.6) is 0 Å². The van der Waals surface area contributed by atoms with Gasteiger partial charge >= 0.3 is 6.09 Å². The lowest BCUT2D eigenvalue weighted by Gasteiger charge is -2.39. The number of carboxylic acid groups (broad SMARTS) is 1. The van der Waals surface area contributed by atoms with Crippen LogP contribution < -0.4 is 4.90 Å². The average molecular weight is 656 g/mol. The molecule has 1 aliphatic heterocycles. The number of benzene rings is 3. The molecule has 238 valence electrons. The van der Waals surface area contributed by atoms with E-state index in [2.05, 4.69) is 69.0 Å². The number of hydrogen-bond donors (Lipinski definition) is 1. The quantitative estimate of drug-likeness (QED) is 0.127. The Bertz CT molecular complexity index is 1890. The molecule has 1 aromatic heterocycles. The molecule has 7 nitrogen and oxygen atoms in total. The Morgan fingerprint density at radius 3 is 2.33 bits per heavy atom. The molecule has 0 aliphatic carbocycles. The number of amides is 1. The average Bonchev–Trinajstić information content (AvgIpc) is 3.01. The minimum Gasteiger partial charge on any atom is -0.465 e. The Morgan fingerprint density at radius 1 is 1.02 bits per heavy atom. The van der Waals surface area contributed by atoms with Crippen molar-refractivity contribution in [2.75, 3.05) is 24.5 Å². The van der Waals surface area contributed by atoms with Crippen LogP contribution in [0.15, 0.2) is 48.5 Å². The fourth-order valence-corrected chi connectivity index (χ4v) is 12.8. The van der Waals surface area contributed by atoms with Crippen LogP contribution in [0, 0.1) is 28.6 Å². The standard InChI is InChI=1S/C36H39ClFN5O2Si/c1-22(2)46(23(3)4,24(5)6)20-16-26-10-7-9-25-11-8-12-28(31(25)26)29-13-14-30-33(32(29)38)40-35(37)41-34(30)42-18-19-43(36(44)45)27(21-42)15-17-39/h7-14,22-24,27H,15,18-19,21H2,1-6H3,(H,44,45). The fourth-order valence-electron chi connectivity index (χ4n) is 7.43. The second-order valence-electron chi connectivity index (χ2n) is 12.9. The van der Waals surface area contributed by atoms with E-state index >= 15 is 4.39 Å². The number of fused-ring (bicyclic) bond motifs is 2. The van der Waals surface area contributed by atoms with Crippen molar-refractivity contribution >= 4 is 53.3 Å². The molecule has 46 heavy (non-hydrogen) atoms. The number of rotatable bonds is 6. The number of carbonyl (C=O) groups is 1. The van der Waals surface area contributed by atoms with Gasteiger partial charge in [-0.3, -0.25) is 0 Å². The summed E-state index contributed by atoms with van der Waals surface area (Å²) in [6, 6.07) is 16.9. The zero-order valence-electron chi connectivity index (χ0n) is 27.1. The Morgan fingerprint density at radius 2 is 1.70 bits per heavy atom. The second-order valence-corrected chi connectivity index (χ2v) is 18.9. The molecule has 0 spiro atoms. The molecule has 1 N–H and O–H groups in total. The van der Waals surface area contributed by atoms with Gasteiger partial charge in [-0.25, -0.2) is 14.2 Å². The monoisotopic (exact) mass is 655 g/mol. The topological polar surface area (TPSA) is 93.3 Å². The van der Waals surface area contributed by atoms with E-state index < -0.39 is 26.0 Å². The van der Waals surface area contributed by atoms with E-state index in [0.717, 1.165) is 16.3 Å². The molecule has 2 heterocycles. The summed E-state index contributed by atoms with van der Waals surface area (Å²) in [4.78, 5) is 23.6. The molecule has 1 amide bonds. The van der Waals surface area contributed by atoms with Crippen LogP contribution in [0.2, 0.25) is 21.9 Å². The van der Waals surface area contributed by atoms with E-state index in [1.165, 1.54) is 4.90 Å². The molecular weight excluding hydrogens is 617 g/mol. The van der Waals surface area contributed by atoms with Crippen molar-refractivity contribution < 1.29 is 14.3 Å². The van der Waals surface area contributed by atoms with Crippen LogP contribution in [0.25, 0.3) is 32.8 Å². The molecule has 10 heteroatoms. The van der Waals surface area contributed by atoms with Crippen molar-refractivity contribution in [3.8, 4) is 28.7 Å². The molecule has 0 saturated carbocycles. The van der Waals surface area contributed by atoms with Gasteiger partial charge in [0.2, 0.25) is 5.28 Å². The fraction of sp³-hybridized carbons (Fsp3) is 0.389. The molecule has 5 rings (SSSR count). The van der Waals surface area contributed by atoms with Crippen molar-refractivity contribution in [3.63, 3.8) is 0 Å². The maximum absolute atomic E-state index is 16.7. The van der Waals surface area contributed by atoms with Crippen LogP contribution in [0.1, 0.15) is 53.5 Å². The first-order valence-corrected chi connectivity index (χ1v) is 18.3. The van der Waals surface area contributed by atoms with E-state index in [1.807, 2.05) is 41.3 Å². The van der Waals surface area contributed by atoms with Crippen molar-refractivity contribution in [3.05, 3.63) is 65.2 Å². The largest absolute Gasteiger partial charge is 0.465 e. The minimum atomic E-state index is -2.02. The Hall–Kier alpha value is -4.18. The van der Waals surface area contributed by atoms with Gasteiger partial charge < -0.3 is 14.9 Å². The molecule has 1 saturated heterocycles. The zero-order chi connectivity index (χ0) is 33.3. The van der Waals surface area contributed by atoms with Crippen molar-refractivity contribution in [2.45, 2.75) is 70.6 Å². The van der Waals surface area contributed by atoms with Gasteiger partial charge in [0.15, 0.2) is 5.82 Å². The summed E-state index contributed by atoms with van der Waals surface area (Å²) in [5.74, 6) is 3.48. The van der Waals surface area contributed by atoms with E-state index in [-0.39, 0.29) is 30.3 Å². The number of hydrogen-bond acceptors (Lipinski definition) is 5. The van der Waals surface area contributed by atoms with Gasteiger partial charge in [-0.15, -0.1) is 5.54 Å². The lowest BCUT2D eigenvalue weighted by Crippen LogP contribution is -2.55. The molecule has 1 unspecified atom stereocenters. The summed E-state index contributed by atoms with van der Waals surface area (Å²) >= 11 is 6.38. The number of anilines is 1. The summed E-state index contributed by atoms with van der Waals surface area (Å²) in [7, 11) is -2.02. The van der Waals surface area contributed by atoms with Crippen LogP contribution in [0.3, 0.4) is 0 Å². The molecular formula is C36H39ClFN5O2Si. The first-order valence-electron chi connectivity index (χ1n) is 15.7. The van der Waals surface area contributed by atoms with E-state index in [0.29, 0.717) is 45.5 Å². The Balaban J connectivity index is 1.66. The lowest BCUT2D eigenvalue weighted by atomic mass is 9.94. The summed E-state index contributed by atoms with van der Waals surface area (Å²) in [5, 5.41) is 21.1. The number of nitrogens with zero attached hydrogens (tertiary/aromatic N) is 5. The summed E-state index contributed by atoms with van der Waals surface area (Å²) in [5.41, 5.74) is 7.31. The van der Waals surface area contributed by atoms with Gasteiger partial charge in [0, 0.05) is 41.5 Å². The van der Waals surface area contributed by atoms with Crippen molar-refractivity contribution in [1.82, 2.24) is 14.9 Å². The van der Waals surface area contributed by atoms with E-state index in [4.69, 9.17) is 11.6 Å². The SMILES string of the molecule is CC(C)[Si](C#Cc1cccc2cccc(-c3ccc4c(N5CCN(C(=O)O)C(CC#N)C5)nc(Cl)nc4c3F)c12)(C(C)C)C(C)C. The molecule has 0 radical (unpaired) electrons. The second kappa shape index (κ2) is 13.3. The van der Waals surface area contributed by atoms with Gasteiger partial charge in [0.25, 0.3) is 0 Å². The lowest BCUT2D eigenvalue weighted by molar-refractivity contribution is 0.119. The van der Waals surface area contributed by atoms with Gasteiger partial charge in [0.05, 0.1) is 18.5 Å². The zero-order valence-corrected chi connectivity index (χ0v) is 28.9.